The van der Waals surface area contributed by atoms with Crippen molar-refractivity contribution in [2.75, 3.05) is 17.2 Å². The maximum Gasteiger partial charge on any atom is 0.338 e. The summed E-state index contributed by atoms with van der Waals surface area (Å²) in [4.78, 5) is 23.5. The van der Waals surface area contributed by atoms with Crippen LogP contribution < -0.4 is 10.6 Å². The van der Waals surface area contributed by atoms with Crippen molar-refractivity contribution < 1.29 is 14.3 Å². The fraction of sp³-hybridized carbons (Fsp3) is 0.222. The van der Waals surface area contributed by atoms with E-state index in [4.69, 9.17) is 4.74 Å². The van der Waals surface area contributed by atoms with Gasteiger partial charge in [-0.15, -0.1) is 0 Å². The maximum absolute atomic E-state index is 12.0. The summed E-state index contributed by atoms with van der Waals surface area (Å²) in [6.07, 6.45) is 0. The molecule has 0 saturated heterocycles. The molecule has 2 aromatic rings. The molecule has 0 unspecified atom stereocenters. The van der Waals surface area contributed by atoms with Gasteiger partial charge in [0.15, 0.2) is 0 Å². The first-order chi connectivity index (χ1) is 11.0. The molecular weight excluding hydrogens is 292 g/mol. The second kappa shape index (κ2) is 7.45. The number of nitrogens with one attached hydrogen (secondary N) is 2. The number of carbonyl (C=O) groups is 2. The van der Waals surface area contributed by atoms with Gasteiger partial charge in [-0.25, -0.2) is 9.59 Å². The summed E-state index contributed by atoms with van der Waals surface area (Å²) in [6, 6.07) is 11.9. The minimum Gasteiger partial charge on any atom is -0.462 e. The van der Waals surface area contributed by atoms with Gasteiger partial charge in [0.1, 0.15) is 0 Å². The summed E-state index contributed by atoms with van der Waals surface area (Å²) in [5.41, 5.74) is 4.06. The van der Waals surface area contributed by atoms with Crippen molar-refractivity contribution >= 4 is 23.4 Å². The number of hydrogen-bond acceptors (Lipinski definition) is 3. The van der Waals surface area contributed by atoms with E-state index in [1.165, 1.54) is 5.56 Å². The predicted molar refractivity (Wildman–Crippen MR) is 91.0 cm³/mol. The largest absolute Gasteiger partial charge is 0.462 e. The van der Waals surface area contributed by atoms with E-state index < -0.39 is 0 Å². The molecule has 23 heavy (non-hydrogen) atoms. The first-order valence-electron chi connectivity index (χ1n) is 7.42. The van der Waals surface area contributed by atoms with Gasteiger partial charge in [0.25, 0.3) is 0 Å². The Labute approximate surface area is 135 Å². The number of hydrogen-bond donors (Lipinski definition) is 2. The molecule has 0 aliphatic rings. The molecule has 0 bridgehead atoms. The fourth-order valence-corrected chi connectivity index (χ4v) is 2.02. The Morgan fingerprint density at radius 1 is 0.913 bits per heavy atom. The van der Waals surface area contributed by atoms with Crippen LogP contribution in [0.15, 0.2) is 42.5 Å². The van der Waals surface area contributed by atoms with Crippen LogP contribution in [0, 0.1) is 13.8 Å². The van der Waals surface area contributed by atoms with Gasteiger partial charge in [-0.2, -0.15) is 0 Å². The van der Waals surface area contributed by atoms with E-state index in [1.54, 1.807) is 31.2 Å². The van der Waals surface area contributed by atoms with Crippen molar-refractivity contribution in [2.24, 2.45) is 0 Å². The van der Waals surface area contributed by atoms with Crippen LogP contribution in [0.5, 0.6) is 0 Å². The minimum absolute atomic E-state index is 0.331. The van der Waals surface area contributed by atoms with Gasteiger partial charge < -0.3 is 15.4 Å². The third-order valence-electron chi connectivity index (χ3n) is 3.42. The lowest BCUT2D eigenvalue weighted by Gasteiger charge is -2.09. The summed E-state index contributed by atoms with van der Waals surface area (Å²) >= 11 is 0. The molecule has 0 saturated carbocycles. The Balaban J connectivity index is 1.97. The van der Waals surface area contributed by atoms with Crippen LogP contribution >= 0.6 is 0 Å². The predicted octanol–water partition coefficient (Wildman–Crippen LogP) is 4.12. The fourth-order valence-electron chi connectivity index (χ4n) is 2.02. The molecule has 5 nitrogen and oxygen atoms in total. The number of aryl methyl sites for hydroxylation is 2. The van der Waals surface area contributed by atoms with Crippen LogP contribution in [-0.2, 0) is 4.74 Å². The molecule has 0 spiro atoms. The van der Waals surface area contributed by atoms with Gasteiger partial charge in [0.05, 0.1) is 12.2 Å². The van der Waals surface area contributed by atoms with E-state index >= 15 is 0 Å². The Morgan fingerprint density at radius 3 is 2.13 bits per heavy atom. The van der Waals surface area contributed by atoms with Crippen LogP contribution in [0.25, 0.3) is 0 Å². The van der Waals surface area contributed by atoms with Gasteiger partial charge in [0, 0.05) is 11.4 Å². The summed E-state index contributed by atoms with van der Waals surface area (Å²) in [5.74, 6) is -0.376. The average molecular weight is 312 g/mol. The number of esters is 1. The molecule has 0 fully saturated rings. The Morgan fingerprint density at radius 2 is 1.52 bits per heavy atom. The molecule has 2 amide bonds. The topological polar surface area (TPSA) is 67.4 Å². The smallest absolute Gasteiger partial charge is 0.338 e. The number of rotatable bonds is 4. The second-order valence-corrected chi connectivity index (χ2v) is 5.18. The van der Waals surface area contributed by atoms with Gasteiger partial charge in [0.2, 0.25) is 0 Å². The highest BCUT2D eigenvalue weighted by molar-refractivity contribution is 6.00. The lowest BCUT2D eigenvalue weighted by atomic mass is 10.1. The maximum atomic E-state index is 12.0. The van der Waals surface area contributed by atoms with Crippen molar-refractivity contribution in [3.8, 4) is 0 Å². The van der Waals surface area contributed by atoms with Gasteiger partial charge in [-0.3, -0.25) is 0 Å². The van der Waals surface area contributed by atoms with Crippen LogP contribution in [0.2, 0.25) is 0 Å². The van der Waals surface area contributed by atoms with Gasteiger partial charge in [-0.1, -0.05) is 6.07 Å². The molecule has 0 heterocycles. The van der Waals surface area contributed by atoms with E-state index in [0.29, 0.717) is 17.9 Å². The van der Waals surface area contributed by atoms with Crippen molar-refractivity contribution in [1.82, 2.24) is 0 Å². The van der Waals surface area contributed by atoms with E-state index in [1.807, 2.05) is 32.0 Å². The molecule has 120 valence electrons. The molecule has 0 radical (unpaired) electrons. The second-order valence-electron chi connectivity index (χ2n) is 5.18. The molecule has 0 aromatic heterocycles. The summed E-state index contributed by atoms with van der Waals surface area (Å²) in [5, 5.41) is 5.49. The Bertz CT molecular complexity index is 709. The van der Waals surface area contributed by atoms with E-state index in [2.05, 4.69) is 10.6 Å². The standard InChI is InChI=1S/C18H20N2O3/c1-4-23-17(21)14-6-9-15(10-7-14)19-18(22)20-16-8-5-12(2)13(3)11-16/h5-11H,4H2,1-3H3,(H2,19,20,22). The lowest BCUT2D eigenvalue weighted by Crippen LogP contribution is -2.19. The SMILES string of the molecule is CCOC(=O)c1ccc(NC(=O)Nc2ccc(C)c(C)c2)cc1. The van der Waals surface area contributed by atoms with Crippen LogP contribution in [-0.4, -0.2) is 18.6 Å². The van der Waals surface area contributed by atoms with Gasteiger partial charge in [-0.05, 0) is 68.3 Å². The molecule has 0 atom stereocenters. The number of anilines is 2. The van der Waals surface area contributed by atoms with Crippen LogP contribution in [0.3, 0.4) is 0 Å². The highest BCUT2D eigenvalue weighted by Gasteiger charge is 2.07. The molecular formula is C18H20N2O3. The van der Waals surface area contributed by atoms with Crippen LogP contribution in [0.4, 0.5) is 16.2 Å². The van der Waals surface area contributed by atoms with E-state index in [9.17, 15) is 9.59 Å². The summed E-state index contributed by atoms with van der Waals surface area (Å²) in [6.45, 7) is 6.10. The zero-order valence-corrected chi connectivity index (χ0v) is 13.5. The third-order valence-corrected chi connectivity index (χ3v) is 3.42. The first-order valence-corrected chi connectivity index (χ1v) is 7.42. The summed E-state index contributed by atoms with van der Waals surface area (Å²) < 4.78 is 4.91. The summed E-state index contributed by atoms with van der Waals surface area (Å²) in [7, 11) is 0. The zero-order valence-electron chi connectivity index (χ0n) is 13.5. The highest BCUT2D eigenvalue weighted by atomic mass is 16.5. The third kappa shape index (κ3) is 4.57. The number of carbonyl (C=O) groups excluding carboxylic acids is 2. The normalized spacial score (nSPS) is 10.0. The lowest BCUT2D eigenvalue weighted by molar-refractivity contribution is 0.0526. The number of ether oxygens (including phenoxy) is 1. The minimum atomic E-state index is -0.376. The van der Waals surface area contributed by atoms with Crippen molar-refractivity contribution in [1.29, 1.82) is 0 Å². The Kier molecular flexibility index (Phi) is 5.36. The number of benzene rings is 2. The molecule has 0 aliphatic heterocycles. The highest BCUT2D eigenvalue weighted by Crippen LogP contribution is 2.15. The molecule has 2 N–H and O–H groups in total. The van der Waals surface area contributed by atoms with E-state index in [-0.39, 0.29) is 12.0 Å². The van der Waals surface area contributed by atoms with E-state index in [0.717, 1.165) is 11.3 Å². The Hall–Kier alpha value is -2.82. The molecule has 5 heteroatoms. The number of urea groups is 1. The zero-order chi connectivity index (χ0) is 16.8. The van der Waals surface area contributed by atoms with Crippen molar-refractivity contribution in [3.63, 3.8) is 0 Å². The van der Waals surface area contributed by atoms with Gasteiger partial charge >= 0.3 is 12.0 Å². The monoisotopic (exact) mass is 312 g/mol. The molecule has 2 aromatic carbocycles. The average Bonchev–Trinajstić information content (AvgIpc) is 2.52. The molecule has 0 aliphatic carbocycles. The molecule has 2 rings (SSSR count). The van der Waals surface area contributed by atoms with Crippen molar-refractivity contribution in [2.45, 2.75) is 20.8 Å². The van der Waals surface area contributed by atoms with Crippen LogP contribution in [0.1, 0.15) is 28.4 Å². The number of amides is 2. The first kappa shape index (κ1) is 16.5. The quantitative estimate of drug-likeness (QED) is 0.834. The van der Waals surface area contributed by atoms with Crippen molar-refractivity contribution in [3.05, 3.63) is 59.2 Å².